The Balaban J connectivity index is 1.77. The SMILES string of the molecule is CCCCc1cc(C)cc(-n2nc3ccc(-c4ccccc4)cc3n2)c1O. The van der Waals surface area contributed by atoms with Crippen LogP contribution in [-0.2, 0) is 6.42 Å². The summed E-state index contributed by atoms with van der Waals surface area (Å²) in [6.45, 7) is 4.19. The van der Waals surface area contributed by atoms with Crippen LogP contribution in [0.4, 0.5) is 0 Å². The van der Waals surface area contributed by atoms with Crippen LogP contribution in [0, 0.1) is 6.92 Å². The summed E-state index contributed by atoms with van der Waals surface area (Å²) in [4.78, 5) is 1.55. The first-order chi connectivity index (χ1) is 13.2. The first-order valence-electron chi connectivity index (χ1n) is 9.41. The first-order valence-corrected chi connectivity index (χ1v) is 9.41. The lowest BCUT2D eigenvalue weighted by molar-refractivity contribution is 0.459. The molecule has 0 spiro atoms. The first kappa shape index (κ1) is 17.3. The fourth-order valence-corrected chi connectivity index (χ4v) is 3.38. The fourth-order valence-electron chi connectivity index (χ4n) is 3.38. The molecule has 0 aliphatic carbocycles. The monoisotopic (exact) mass is 357 g/mol. The fraction of sp³-hybridized carbons (Fsp3) is 0.217. The lowest BCUT2D eigenvalue weighted by Gasteiger charge is -2.10. The highest BCUT2D eigenvalue weighted by Gasteiger charge is 2.14. The second-order valence-electron chi connectivity index (χ2n) is 6.95. The van der Waals surface area contributed by atoms with Crippen molar-refractivity contribution >= 4 is 11.0 Å². The lowest BCUT2D eigenvalue weighted by atomic mass is 10.0. The van der Waals surface area contributed by atoms with Gasteiger partial charge in [-0.1, -0.05) is 55.8 Å². The molecule has 0 aliphatic heterocycles. The van der Waals surface area contributed by atoms with E-state index < -0.39 is 0 Å². The van der Waals surface area contributed by atoms with Gasteiger partial charge >= 0.3 is 0 Å². The number of hydrogen-bond acceptors (Lipinski definition) is 3. The molecule has 0 saturated heterocycles. The van der Waals surface area contributed by atoms with E-state index in [4.69, 9.17) is 0 Å². The van der Waals surface area contributed by atoms with Gasteiger partial charge in [0.2, 0.25) is 0 Å². The Hall–Kier alpha value is -3.14. The van der Waals surface area contributed by atoms with Crippen LogP contribution in [0.2, 0.25) is 0 Å². The van der Waals surface area contributed by atoms with Crippen molar-refractivity contribution in [2.24, 2.45) is 0 Å². The molecule has 27 heavy (non-hydrogen) atoms. The molecule has 1 aromatic heterocycles. The van der Waals surface area contributed by atoms with Gasteiger partial charge in [0.15, 0.2) is 0 Å². The molecule has 4 heteroatoms. The average molecular weight is 357 g/mol. The zero-order valence-corrected chi connectivity index (χ0v) is 15.7. The van der Waals surface area contributed by atoms with Gasteiger partial charge in [-0.3, -0.25) is 0 Å². The Morgan fingerprint density at radius 2 is 1.67 bits per heavy atom. The molecule has 4 nitrogen and oxygen atoms in total. The molecule has 0 radical (unpaired) electrons. The molecule has 0 saturated carbocycles. The molecule has 136 valence electrons. The van der Waals surface area contributed by atoms with Gasteiger partial charge in [0.05, 0.1) is 0 Å². The van der Waals surface area contributed by atoms with Gasteiger partial charge in [0, 0.05) is 0 Å². The molecule has 1 heterocycles. The van der Waals surface area contributed by atoms with Crippen molar-refractivity contribution in [1.82, 2.24) is 15.0 Å². The van der Waals surface area contributed by atoms with Crippen LogP contribution in [0.1, 0.15) is 30.9 Å². The van der Waals surface area contributed by atoms with Gasteiger partial charge in [-0.05, 0) is 60.2 Å². The number of nitrogens with zero attached hydrogens (tertiary/aromatic N) is 3. The molecular weight excluding hydrogens is 334 g/mol. The standard InChI is InChI=1S/C23H23N3O/c1-3-4-8-19-13-16(2)14-22(23(19)27)26-24-20-12-11-18(15-21(20)25-26)17-9-6-5-7-10-17/h5-7,9-15,27H,3-4,8H2,1-2H3. The highest BCUT2D eigenvalue weighted by atomic mass is 16.3. The van der Waals surface area contributed by atoms with Crippen molar-refractivity contribution in [2.75, 3.05) is 0 Å². The van der Waals surface area contributed by atoms with Crippen LogP contribution < -0.4 is 0 Å². The zero-order valence-electron chi connectivity index (χ0n) is 15.7. The minimum Gasteiger partial charge on any atom is -0.505 e. The minimum absolute atomic E-state index is 0.276. The van der Waals surface area contributed by atoms with Gasteiger partial charge < -0.3 is 5.11 Å². The van der Waals surface area contributed by atoms with Gasteiger partial charge in [-0.25, -0.2) is 0 Å². The van der Waals surface area contributed by atoms with Crippen LogP contribution in [0.5, 0.6) is 5.75 Å². The number of phenols is 1. The molecule has 0 bridgehead atoms. The lowest BCUT2D eigenvalue weighted by Crippen LogP contribution is -2.02. The summed E-state index contributed by atoms with van der Waals surface area (Å²) in [5.41, 5.74) is 6.57. The molecule has 0 atom stereocenters. The second kappa shape index (κ2) is 7.23. The van der Waals surface area contributed by atoms with Gasteiger partial charge in [0.1, 0.15) is 22.5 Å². The summed E-state index contributed by atoms with van der Waals surface area (Å²) in [6, 6.07) is 20.3. The maximum Gasteiger partial charge on any atom is 0.146 e. The predicted molar refractivity (Wildman–Crippen MR) is 109 cm³/mol. The van der Waals surface area contributed by atoms with E-state index in [1.54, 1.807) is 4.80 Å². The van der Waals surface area contributed by atoms with Crippen molar-refractivity contribution in [1.29, 1.82) is 0 Å². The van der Waals surface area contributed by atoms with E-state index in [0.29, 0.717) is 5.69 Å². The Bertz CT molecular complexity index is 1080. The molecule has 0 unspecified atom stereocenters. The van der Waals surface area contributed by atoms with Crippen LogP contribution in [0.25, 0.3) is 27.8 Å². The molecule has 0 aliphatic rings. The molecule has 3 aromatic carbocycles. The van der Waals surface area contributed by atoms with Crippen LogP contribution in [0.15, 0.2) is 60.7 Å². The average Bonchev–Trinajstić information content (AvgIpc) is 3.12. The van der Waals surface area contributed by atoms with E-state index in [-0.39, 0.29) is 5.75 Å². The van der Waals surface area contributed by atoms with E-state index in [1.165, 1.54) is 0 Å². The summed E-state index contributed by atoms with van der Waals surface area (Å²) in [5, 5.41) is 20.0. The number of benzene rings is 3. The molecular formula is C23H23N3O. The quantitative estimate of drug-likeness (QED) is 0.517. The van der Waals surface area contributed by atoms with E-state index in [1.807, 2.05) is 49.4 Å². The normalized spacial score (nSPS) is 11.2. The number of rotatable bonds is 5. The highest BCUT2D eigenvalue weighted by Crippen LogP contribution is 2.30. The number of phenolic OH excluding ortho intramolecular Hbond substituents is 1. The smallest absolute Gasteiger partial charge is 0.146 e. The van der Waals surface area contributed by atoms with E-state index in [2.05, 4.69) is 35.3 Å². The third-order valence-corrected chi connectivity index (χ3v) is 4.82. The van der Waals surface area contributed by atoms with Gasteiger partial charge in [-0.2, -0.15) is 0 Å². The Morgan fingerprint density at radius 3 is 2.44 bits per heavy atom. The third kappa shape index (κ3) is 3.43. The summed E-state index contributed by atoms with van der Waals surface area (Å²) in [6.07, 6.45) is 3.00. The highest BCUT2D eigenvalue weighted by molar-refractivity contribution is 5.81. The van der Waals surface area contributed by atoms with Gasteiger partial charge in [-0.15, -0.1) is 15.0 Å². The summed E-state index contributed by atoms with van der Waals surface area (Å²) in [7, 11) is 0. The van der Waals surface area contributed by atoms with Crippen LogP contribution in [-0.4, -0.2) is 20.1 Å². The van der Waals surface area contributed by atoms with Crippen LogP contribution in [0.3, 0.4) is 0 Å². The summed E-state index contributed by atoms with van der Waals surface area (Å²) < 4.78 is 0. The van der Waals surface area contributed by atoms with E-state index in [9.17, 15) is 5.11 Å². The third-order valence-electron chi connectivity index (χ3n) is 4.82. The zero-order chi connectivity index (χ0) is 18.8. The van der Waals surface area contributed by atoms with Gasteiger partial charge in [0.25, 0.3) is 0 Å². The number of aromatic nitrogens is 3. The molecule has 4 aromatic rings. The second-order valence-corrected chi connectivity index (χ2v) is 6.95. The summed E-state index contributed by atoms with van der Waals surface area (Å²) >= 11 is 0. The largest absolute Gasteiger partial charge is 0.505 e. The number of aryl methyl sites for hydroxylation is 2. The van der Waals surface area contributed by atoms with Crippen molar-refractivity contribution in [3.63, 3.8) is 0 Å². The maximum atomic E-state index is 10.8. The predicted octanol–water partition coefficient (Wildman–Crippen LogP) is 5.44. The Morgan fingerprint density at radius 1 is 0.889 bits per heavy atom. The molecule has 1 N–H and O–H groups in total. The number of hydrogen-bond donors (Lipinski definition) is 1. The van der Waals surface area contributed by atoms with Crippen molar-refractivity contribution in [2.45, 2.75) is 33.1 Å². The molecule has 0 fully saturated rings. The maximum absolute atomic E-state index is 10.8. The Kier molecular flexibility index (Phi) is 4.63. The number of unbranched alkanes of at least 4 members (excludes halogenated alkanes) is 1. The number of fused-ring (bicyclic) bond motifs is 1. The van der Waals surface area contributed by atoms with Crippen molar-refractivity contribution < 1.29 is 5.11 Å². The summed E-state index contributed by atoms with van der Waals surface area (Å²) in [5.74, 6) is 0.276. The topological polar surface area (TPSA) is 50.9 Å². The van der Waals surface area contributed by atoms with Crippen molar-refractivity contribution in [3.8, 4) is 22.6 Å². The Labute approximate surface area is 159 Å². The van der Waals surface area contributed by atoms with E-state index >= 15 is 0 Å². The molecule has 4 rings (SSSR count). The number of aromatic hydroxyl groups is 1. The minimum atomic E-state index is 0.276. The van der Waals surface area contributed by atoms with Crippen LogP contribution >= 0.6 is 0 Å². The molecule has 0 amide bonds. The van der Waals surface area contributed by atoms with Crippen molar-refractivity contribution in [3.05, 3.63) is 71.8 Å². The van der Waals surface area contributed by atoms with E-state index in [0.717, 1.165) is 52.5 Å².